The molecule has 0 radical (unpaired) electrons. The van der Waals surface area contributed by atoms with Gasteiger partial charge in [0, 0.05) is 27.7 Å². The predicted molar refractivity (Wildman–Crippen MR) is 141 cm³/mol. The molecule has 0 aromatic heterocycles. The first-order valence-corrected chi connectivity index (χ1v) is 14.2. The molecule has 35 heavy (non-hydrogen) atoms. The van der Waals surface area contributed by atoms with E-state index in [1.54, 1.807) is 43.3 Å². The number of halogens is 3. The Kier molecular flexibility index (Phi) is 9.32. The number of nitrogens with one attached hydrogen (secondary N) is 1. The number of carbonyl (C=O) groups excluding carboxylic acids is 2. The highest BCUT2D eigenvalue weighted by Gasteiger charge is 2.31. The number of hydrogen-bond donors (Lipinski definition) is 1. The summed E-state index contributed by atoms with van der Waals surface area (Å²) < 4.78 is 26.1. The number of hydrogen-bond acceptors (Lipinski definition) is 4. The number of carbonyl (C=O) groups is 2. The summed E-state index contributed by atoms with van der Waals surface area (Å²) in [5.74, 6) is -0.862. The van der Waals surface area contributed by atoms with Crippen molar-refractivity contribution in [2.45, 2.75) is 51.2 Å². The summed E-state index contributed by atoms with van der Waals surface area (Å²) in [5.41, 5.74) is 0.833. The van der Waals surface area contributed by atoms with Crippen LogP contribution in [0.25, 0.3) is 0 Å². The fourth-order valence-electron chi connectivity index (χ4n) is 4.05. The second-order valence-electron chi connectivity index (χ2n) is 8.67. The maximum Gasteiger partial charge on any atom is 0.244 e. The number of rotatable bonds is 9. The van der Waals surface area contributed by atoms with Gasteiger partial charge < -0.3 is 10.2 Å². The van der Waals surface area contributed by atoms with Gasteiger partial charge in [-0.3, -0.25) is 13.9 Å². The standard InChI is InChI=1S/C24H28Cl3N3O4S/c1-16(24(32)28-20-7-3-4-8-20)29(14-17-10-11-19(26)13-22(17)27)23(31)15-30(35(2,33)34)21-9-5-6-18(25)12-21/h5-6,9-13,16,20H,3-4,7-8,14-15H2,1-2H3,(H,28,32). The SMILES string of the molecule is CC(C(=O)NC1CCCC1)N(Cc1ccc(Cl)cc1Cl)C(=O)CN(c1cccc(Cl)c1)S(C)(=O)=O. The van der Waals surface area contributed by atoms with Crippen LogP contribution in [-0.4, -0.2) is 50.0 Å². The van der Waals surface area contributed by atoms with Crippen molar-refractivity contribution in [3.63, 3.8) is 0 Å². The van der Waals surface area contributed by atoms with Crippen LogP contribution in [0.2, 0.25) is 15.1 Å². The van der Waals surface area contributed by atoms with E-state index in [1.807, 2.05) is 0 Å². The molecule has 7 nitrogen and oxygen atoms in total. The molecular formula is C24H28Cl3N3O4S. The number of benzene rings is 2. The molecule has 1 saturated carbocycles. The Labute approximate surface area is 221 Å². The zero-order chi connectivity index (χ0) is 25.8. The molecule has 11 heteroatoms. The summed E-state index contributed by atoms with van der Waals surface area (Å²) >= 11 is 18.4. The van der Waals surface area contributed by atoms with Gasteiger partial charge in [-0.05, 0) is 55.7 Å². The molecule has 2 aromatic rings. The molecule has 0 bridgehead atoms. The third-order valence-corrected chi connectivity index (χ3v) is 7.96. The van der Waals surface area contributed by atoms with E-state index in [0.29, 0.717) is 20.6 Å². The molecular weight excluding hydrogens is 533 g/mol. The van der Waals surface area contributed by atoms with Crippen LogP contribution in [0.5, 0.6) is 0 Å². The minimum atomic E-state index is -3.83. The van der Waals surface area contributed by atoms with Crippen molar-refractivity contribution < 1.29 is 18.0 Å². The summed E-state index contributed by atoms with van der Waals surface area (Å²) in [6, 6.07) is 10.3. The fraction of sp³-hybridized carbons (Fsp3) is 0.417. The van der Waals surface area contributed by atoms with Crippen LogP contribution in [0.3, 0.4) is 0 Å². The van der Waals surface area contributed by atoms with E-state index in [2.05, 4.69) is 5.32 Å². The molecule has 0 spiro atoms. The minimum absolute atomic E-state index is 0.00123. The smallest absolute Gasteiger partial charge is 0.244 e. The van der Waals surface area contributed by atoms with Crippen molar-refractivity contribution in [2.24, 2.45) is 0 Å². The zero-order valence-electron chi connectivity index (χ0n) is 19.5. The Morgan fingerprint density at radius 2 is 1.71 bits per heavy atom. The van der Waals surface area contributed by atoms with E-state index in [-0.39, 0.29) is 24.2 Å². The normalized spacial score (nSPS) is 15.0. The van der Waals surface area contributed by atoms with Crippen LogP contribution in [0.1, 0.15) is 38.2 Å². The van der Waals surface area contributed by atoms with Gasteiger partial charge in [0.1, 0.15) is 12.6 Å². The predicted octanol–water partition coefficient (Wildman–Crippen LogP) is 4.89. The van der Waals surface area contributed by atoms with E-state index < -0.39 is 28.5 Å². The lowest BCUT2D eigenvalue weighted by atomic mass is 10.1. The number of sulfonamides is 1. The number of anilines is 1. The number of amides is 2. The summed E-state index contributed by atoms with van der Waals surface area (Å²) in [4.78, 5) is 28.0. The van der Waals surface area contributed by atoms with Crippen LogP contribution < -0.4 is 9.62 Å². The van der Waals surface area contributed by atoms with E-state index in [9.17, 15) is 18.0 Å². The van der Waals surface area contributed by atoms with Crippen LogP contribution >= 0.6 is 34.8 Å². The van der Waals surface area contributed by atoms with Gasteiger partial charge in [0.25, 0.3) is 0 Å². The largest absolute Gasteiger partial charge is 0.352 e. The Morgan fingerprint density at radius 1 is 1.06 bits per heavy atom. The van der Waals surface area contributed by atoms with Crippen LogP contribution in [0.15, 0.2) is 42.5 Å². The highest BCUT2D eigenvalue weighted by atomic mass is 35.5. The van der Waals surface area contributed by atoms with Crippen LogP contribution in [-0.2, 0) is 26.2 Å². The molecule has 1 aliphatic carbocycles. The lowest BCUT2D eigenvalue weighted by molar-refractivity contribution is -0.139. The second-order valence-corrected chi connectivity index (χ2v) is 11.9. The molecule has 0 saturated heterocycles. The van der Waals surface area contributed by atoms with E-state index >= 15 is 0 Å². The second kappa shape index (κ2) is 11.8. The molecule has 0 aliphatic heterocycles. The first kappa shape index (κ1) is 27.6. The number of nitrogens with zero attached hydrogens (tertiary/aromatic N) is 2. The van der Waals surface area contributed by atoms with Crippen LogP contribution in [0.4, 0.5) is 5.69 Å². The van der Waals surface area contributed by atoms with Crippen molar-refractivity contribution in [3.05, 3.63) is 63.1 Å². The molecule has 1 fully saturated rings. The van der Waals surface area contributed by atoms with Gasteiger partial charge in [0.2, 0.25) is 21.8 Å². The summed E-state index contributed by atoms with van der Waals surface area (Å²) in [7, 11) is -3.83. The van der Waals surface area contributed by atoms with Gasteiger partial charge in [-0.1, -0.05) is 59.8 Å². The van der Waals surface area contributed by atoms with Crippen molar-refractivity contribution in [1.82, 2.24) is 10.2 Å². The van der Waals surface area contributed by atoms with Gasteiger partial charge in [-0.15, -0.1) is 0 Å². The molecule has 2 aromatic carbocycles. The van der Waals surface area contributed by atoms with E-state index in [0.717, 1.165) is 36.2 Å². The molecule has 1 atom stereocenters. The van der Waals surface area contributed by atoms with E-state index in [1.165, 1.54) is 11.0 Å². The van der Waals surface area contributed by atoms with Crippen molar-refractivity contribution in [2.75, 3.05) is 17.1 Å². The first-order chi connectivity index (χ1) is 16.5. The minimum Gasteiger partial charge on any atom is -0.352 e. The third kappa shape index (κ3) is 7.49. The van der Waals surface area contributed by atoms with Gasteiger partial charge in [0.05, 0.1) is 11.9 Å². The average Bonchev–Trinajstić information content (AvgIpc) is 3.28. The molecule has 1 aliphatic rings. The quantitative estimate of drug-likeness (QED) is 0.473. The Morgan fingerprint density at radius 3 is 2.31 bits per heavy atom. The van der Waals surface area contributed by atoms with E-state index in [4.69, 9.17) is 34.8 Å². The zero-order valence-corrected chi connectivity index (χ0v) is 22.6. The summed E-state index contributed by atoms with van der Waals surface area (Å²) in [6.07, 6.45) is 4.90. The highest BCUT2D eigenvalue weighted by molar-refractivity contribution is 7.92. The lowest BCUT2D eigenvalue weighted by Crippen LogP contribution is -2.52. The third-order valence-electron chi connectivity index (χ3n) is 6.00. The first-order valence-electron chi connectivity index (χ1n) is 11.2. The molecule has 2 amide bonds. The maximum absolute atomic E-state index is 13.6. The fourth-order valence-corrected chi connectivity index (χ4v) is 5.55. The summed E-state index contributed by atoms with van der Waals surface area (Å²) in [6.45, 7) is 1.11. The van der Waals surface area contributed by atoms with Crippen molar-refractivity contribution in [1.29, 1.82) is 0 Å². The monoisotopic (exact) mass is 559 g/mol. The molecule has 0 heterocycles. The molecule has 190 valence electrons. The molecule has 1 unspecified atom stereocenters. The molecule has 1 N–H and O–H groups in total. The Bertz CT molecular complexity index is 1190. The topological polar surface area (TPSA) is 86.8 Å². The van der Waals surface area contributed by atoms with Crippen molar-refractivity contribution in [3.8, 4) is 0 Å². The Hall–Kier alpha value is -2.00. The molecule has 3 rings (SSSR count). The summed E-state index contributed by atoms with van der Waals surface area (Å²) in [5, 5.41) is 4.12. The van der Waals surface area contributed by atoms with Crippen LogP contribution in [0, 0.1) is 0 Å². The maximum atomic E-state index is 13.6. The average molecular weight is 561 g/mol. The lowest BCUT2D eigenvalue weighted by Gasteiger charge is -2.32. The van der Waals surface area contributed by atoms with Gasteiger partial charge in [0.15, 0.2) is 0 Å². The van der Waals surface area contributed by atoms with Gasteiger partial charge in [-0.2, -0.15) is 0 Å². The Balaban J connectivity index is 1.90. The van der Waals surface area contributed by atoms with Crippen molar-refractivity contribution >= 4 is 62.3 Å². The van der Waals surface area contributed by atoms with Gasteiger partial charge >= 0.3 is 0 Å². The van der Waals surface area contributed by atoms with Gasteiger partial charge in [-0.25, -0.2) is 8.42 Å². The highest BCUT2D eigenvalue weighted by Crippen LogP contribution is 2.25.